The fourth-order valence-corrected chi connectivity index (χ4v) is 2.14. The molecule has 1 heterocycles. The van der Waals surface area contributed by atoms with Gasteiger partial charge in [-0.2, -0.15) is 0 Å². The molecular formula is C7H15N2O2S-. The van der Waals surface area contributed by atoms with E-state index in [2.05, 4.69) is 18.7 Å². The zero-order valence-corrected chi connectivity index (χ0v) is 8.34. The van der Waals surface area contributed by atoms with Gasteiger partial charge in [0.05, 0.1) is 0 Å². The molecule has 0 aromatic carbocycles. The fraction of sp³-hybridized carbons (Fsp3) is 1.00. The average Bonchev–Trinajstić information content (AvgIpc) is 2.04. The third-order valence-electron chi connectivity index (χ3n) is 2.34. The summed E-state index contributed by atoms with van der Waals surface area (Å²) in [5.74, 6) is 0. The largest absolute Gasteiger partial charge is 0.760 e. The van der Waals surface area contributed by atoms with Crippen molar-refractivity contribution in [3.63, 3.8) is 0 Å². The van der Waals surface area contributed by atoms with Crippen LogP contribution in [0.15, 0.2) is 0 Å². The van der Waals surface area contributed by atoms with Crippen molar-refractivity contribution in [3.8, 4) is 0 Å². The van der Waals surface area contributed by atoms with Gasteiger partial charge in [-0.1, -0.05) is 6.92 Å². The third kappa shape index (κ3) is 2.26. The zero-order valence-electron chi connectivity index (χ0n) is 7.52. The van der Waals surface area contributed by atoms with Crippen LogP contribution in [0.5, 0.6) is 0 Å². The van der Waals surface area contributed by atoms with E-state index < -0.39 is 11.3 Å². The maximum atomic E-state index is 10.6. The summed E-state index contributed by atoms with van der Waals surface area (Å²) >= 11 is -2.03. The van der Waals surface area contributed by atoms with Crippen LogP contribution in [0.4, 0.5) is 0 Å². The molecule has 0 radical (unpaired) electrons. The summed E-state index contributed by atoms with van der Waals surface area (Å²) < 4.78 is 22.7. The lowest BCUT2D eigenvalue weighted by molar-refractivity contribution is 0.134. The fourth-order valence-electron chi connectivity index (χ4n) is 1.57. The number of hydrogen-bond donors (Lipinski definition) is 0. The third-order valence-corrected chi connectivity index (χ3v) is 3.10. The molecule has 1 aliphatic heterocycles. The molecular weight excluding hydrogens is 176 g/mol. The Kier molecular flexibility index (Phi) is 3.64. The van der Waals surface area contributed by atoms with Crippen LogP contribution in [0.2, 0.25) is 0 Å². The first kappa shape index (κ1) is 10.1. The summed E-state index contributed by atoms with van der Waals surface area (Å²) in [5, 5.41) is 0. The summed E-state index contributed by atoms with van der Waals surface area (Å²) in [6.45, 7) is 7.27. The first-order valence-electron chi connectivity index (χ1n) is 4.23. The second kappa shape index (κ2) is 4.32. The van der Waals surface area contributed by atoms with Gasteiger partial charge in [0.25, 0.3) is 0 Å². The Labute approximate surface area is 76.0 Å². The van der Waals surface area contributed by atoms with Crippen molar-refractivity contribution in [2.75, 3.05) is 26.2 Å². The SMILES string of the molecule is CCN1CCN(S(=O)[O-])CC1C. The molecule has 0 N–H and O–H groups in total. The first-order valence-corrected chi connectivity index (χ1v) is 5.26. The standard InChI is InChI=1S/C7H16N2O2S/c1-3-8-4-5-9(12(10)11)6-7(8)2/h7H,3-6H2,1-2H3,(H,10,11)/p-1. The molecule has 0 aliphatic carbocycles. The molecule has 1 aliphatic rings. The molecule has 1 rings (SSSR count). The Morgan fingerprint density at radius 1 is 1.58 bits per heavy atom. The van der Waals surface area contributed by atoms with Gasteiger partial charge in [-0.3, -0.25) is 9.11 Å². The second-order valence-electron chi connectivity index (χ2n) is 3.08. The van der Waals surface area contributed by atoms with Gasteiger partial charge in [0.15, 0.2) is 0 Å². The van der Waals surface area contributed by atoms with Gasteiger partial charge < -0.3 is 4.55 Å². The topological polar surface area (TPSA) is 46.6 Å². The van der Waals surface area contributed by atoms with Crippen LogP contribution in [0.1, 0.15) is 13.8 Å². The molecule has 1 saturated heterocycles. The summed E-state index contributed by atoms with van der Waals surface area (Å²) in [5.41, 5.74) is 0. The minimum Gasteiger partial charge on any atom is -0.760 e. The second-order valence-corrected chi connectivity index (χ2v) is 4.03. The number of nitrogens with zero attached hydrogens (tertiary/aromatic N) is 2. The van der Waals surface area contributed by atoms with E-state index in [4.69, 9.17) is 0 Å². The van der Waals surface area contributed by atoms with Crippen LogP contribution < -0.4 is 0 Å². The van der Waals surface area contributed by atoms with E-state index in [1.165, 1.54) is 4.31 Å². The Hall–Kier alpha value is 0.0300. The van der Waals surface area contributed by atoms with E-state index >= 15 is 0 Å². The van der Waals surface area contributed by atoms with Gasteiger partial charge in [0.1, 0.15) is 0 Å². The molecule has 5 heteroatoms. The summed E-state index contributed by atoms with van der Waals surface area (Å²) in [6.07, 6.45) is 0. The van der Waals surface area contributed by atoms with Crippen LogP contribution in [-0.4, -0.2) is 50.2 Å². The van der Waals surface area contributed by atoms with Crippen molar-refractivity contribution in [1.29, 1.82) is 0 Å². The highest BCUT2D eigenvalue weighted by molar-refractivity contribution is 7.76. The van der Waals surface area contributed by atoms with Crippen molar-refractivity contribution in [3.05, 3.63) is 0 Å². The number of rotatable bonds is 2. The molecule has 4 nitrogen and oxygen atoms in total. The maximum absolute atomic E-state index is 10.6. The van der Waals surface area contributed by atoms with Gasteiger partial charge >= 0.3 is 0 Å². The minimum atomic E-state index is -2.03. The van der Waals surface area contributed by atoms with Crippen LogP contribution in [0.3, 0.4) is 0 Å². The van der Waals surface area contributed by atoms with Crippen molar-refractivity contribution in [2.24, 2.45) is 0 Å². The van der Waals surface area contributed by atoms with E-state index in [-0.39, 0.29) is 0 Å². The highest BCUT2D eigenvalue weighted by Gasteiger charge is 2.22. The highest BCUT2D eigenvalue weighted by Crippen LogP contribution is 2.09. The molecule has 0 amide bonds. The molecule has 0 bridgehead atoms. The minimum absolute atomic E-state index is 0.349. The molecule has 72 valence electrons. The molecule has 0 aromatic rings. The van der Waals surface area contributed by atoms with Crippen LogP contribution in [-0.2, 0) is 11.3 Å². The number of hydrogen-bond acceptors (Lipinski definition) is 3. The van der Waals surface area contributed by atoms with Crippen LogP contribution >= 0.6 is 0 Å². The highest BCUT2D eigenvalue weighted by atomic mass is 32.2. The number of piperazine rings is 1. The lowest BCUT2D eigenvalue weighted by Crippen LogP contribution is -2.51. The molecule has 1 fully saturated rings. The van der Waals surface area contributed by atoms with E-state index in [0.29, 0.717) is 19.1 Å². The van der Waals surface area contributed by atoms with Gasteiger partial charge in [-0.15, -0.1) is 0 Å². The van der Waals surface area contributed by atoms with E-state index in [9.17, 15) is 8.76 Å². The van der Waals surface area contributed by atoms with Gasteiger partial charge in [0, 0.05) is 36.9 Å². The van der Waals surface area contributed by atoms with Gasteiger partial charge in [-0.25, -0.2) is 4.31 Å². The Balaban J connectivity index is 2.46. The molecule has 2 unspecified atom stereocenters. The van der Waals surface area contributed by atoms with E-state index in [0.717, 1.165) is 13.1 Å². The van der Waals surface area contributed by atoms with Crippen molar-refractivity contribution in [2.45, 2.75) is 19.9 Å². The molecule has 0 aromatic heterocycles. The van der Waals surface area contributed by atoms with Crippen molar-refractivity contribution < 1.29 is 8.76 Å². The predicted octanol–water partition coefficient (Wildman–Crippen LogP) is -0.194. The summed E-state index contributed by atoms with van der Waals surface area (Å²) in [7, 11) is 0. The summed E-state index contributed by atoms with van der Waals surface area (Å²) in [6, 6.07) is 0.349. The molecule has 0 spiro atoms. The van der Waals surface area contributed by atoms with Crippen LogP contribution in [0.25, 0.3) is 0 Å². The Bertz CT molecular complexity index is 177. The van der Waals surface area contributed by atoms with Gasteiger partial charge in [-0.05, 0) is 13.5 Å². The Morgan fingerprint density at radius 2 is 2.25 bits per heavy atom. The first-order chi connectivity index (χ1) is 5.65. The molecule has 0 saturated carbocycles. The van der Waals surface area contributed by atoms with Gasteiger partial charge in [0.2, 0.25) is 0 Å². The summed E-state index contributed by atoms with van der Waals surface area (Å²) in [4.78, 5) is 2.28. The maximum Gasteiger partial charge on any atom is 0.0256 e. The lowest BCUT2D eigenvalue weighted by Gasteiger charge is -2.39. The lowest BCUT2D eigenvalue weighted by atomic mass is 10.2. The van der Waals surface area contributed by atoms with E-state index in [1.54, 1.807) is 0 Å². The molecule has 2 atom stereocenters. The van der Waals surface area contributed by atoms with Crippen LogP contribution in [0, 0.1) is 0 Å². The average molecular weight is 191 g/mol. The quantitative estimate of drug-likeness (QED) is 0.568. The monoisotopic (exact) mass is 191 g/mol. The Morgan fingerprint density at radius 3 is 2.67 bits per heavy atom. The zero-order chi connectivity index (χ0) is 9.14. The smallest absolute Gasteiger partial charge is 0.0256 e. The number of likely N-dealkylation sites (N-methyl/N-ethyl adjacent to an activating group) is 1. The normalized spacial score (nSPS) is 30.4. The van der Waals surface area contributed by atoms with Crippen molar-refractivity contribution >= 4 is 11.3 Å². The predicted molar refractivity (Wildman–Crippen MR) is 47.2 cm³/mol. The van der Waals surface area contributed by atoms with Crippen molar-refractivity contribution in [1.82, 2.24) is 9.21 Å². The van der Waals surface area contributed by atoms with E-state index in [1.807, 2.05) is 0 Å². The molecule has 12 heavy (non-hydrogen) atoms.